The fourth-order valence-electron chi connectivity index (χ4n) is 1.68. The van der Waals surface area contributed by atoms with Crippen molar-refractivity contribution in [1.82, 2.24) is 0 Å². The van der Waals surface area contributed by atoms with Crippen LogP contribution in [0.15, 0.2) is 18.2 Å². The monoisotopic (exact) mass is 245 g/mol. The lowest BCUT2D eigenvalue weighted by Gasteiger charge is -2.23. The maximum atomic E-state index is 12.9. The van der Waals surface area contributed by atoms with Crippen molar-refractivity contribution >= 4 is 29.1 Å². The van der Waals surface area contributed by atoms with Crippen LogP contribution in [-0.4, -0.2) is 17.5 Å². The number of hydrogen-bond acceptors (Lipinski definition) is 2. The van der Waals surface area contributed by atoms with Crippen LogP contribution in [0.5, 0.6) is 0 Å². The third-order valence-corrected chi connectivity index (χ3v) is 3.96. The number of nitrogens with one attached hydrogen (secondary N) is 1. The van der Waals surface area contributed by atoms with Gasteiger partial charge in [-0.25, -0.2) is 4.39 Å². The van der Waals surface area contributed by atoms with E-state index in [0.717, 1.165) is 11.4 Å². The standard InChI is InChI=1S/C11H13ClFNS/c12-10-6-8(3-4-11(10)13)14-9-2-1-5-15-7-9/h3-4,6,9,14H,1-2,5,7H2. The van der Waals surface area contributed by atoms with Crippen molar-refractivity contribution in [2.45, 2.75) is 18.9 Å². The molecule has 15 heavy (non-hydrogen) atoms. The Hall–Kier alpha value is -0.410. The lowest BCUT2D eigenvalue weighted by atomic mass is 10.1. The highest BCUT2D eigenvalue weighted by Crippen LogP contribution is 2.23. The second kappa shape index (κ2) is 5.08. The molecule has 1 aromatic carbocycles. The second-order valence-electron chi connectivity index (χ2n) is 3.69. The Morgan fingerprint density at radius 1 is 1.47 bits per heavy atom. The van der Waals surface area contributed by atoms with Gasteiger partial charge in [0, 0.05) is 17.5 Å². The van der Waals surface area contributed by atoms with E-state index in [4.69, 9.17) is 11.6 Å². The van der Waals surface area contributed by atoms with Crippen molar-refractivity contribution in [2.24, 2.45) is 0 Å². The van der Waals surface area contributed by atoms with Crippen LogP contribution in [0.1, 0.15) is 12.8 Å². The molecule has 0 spiro atoms. The summed E-state index contributed by atoms with van der Waals surface area (Å²) in [6, 6.07) is 5.28. The van der Waals surface area contributed by atoms with Crippen LogP contribution in [0.25, 0.3) is 0 Å². The topological polar surface area (TPSA) is 12.0 Å². The van der Waals surface area contributed by atoms with Gasteiger partial charge in [0.2, 0.25) is 0 Å². The molecular weight excluding hydrogens is 233 g/mol. The second-order valence-corrected chi connectivity index (χ2v) is 5.24. The molecule has 1 fully saturated rings. The van der Waals surface area contributed by atoms with Gasteiger partial charge in [-0.2, -0.15) is 11.8 Å². The highest BCUT2D eigenvalue weighted by molar-refractivity contribution is 7.99. The molecular formula is C11H13ClFNS. The van der Waals surface area contributed by atoms with Gasteiger partial charge in [-0.3, -0.25) is 0 Å². The van der Waals surface area contributed by atoms with E-state index in [1.807, 2.05) is 11.8 Å². The molecule has 0 aromatic heterocycles. The molecule has 0 bridgehead atoms. The summed E-state index contributed by atoms with van der Waals surface area (Å²) >= 11 is 7.67. The molecule has 0 amide bonds. The first kappa shape index (κ1) is 11.1. The molecule has 1 aromatic rings. The maximum Gasteiger partial charge on any atom is 0.141 e. The van der Waals surface area contributed by atoms with E-state index in [1.165, 1.54) is 24.7 Å². The van der Waals surface area contributed by atoms with E-state index >= 15 is 0 Å². The zero-order chi connectivity index (χ0) is 10.7. The van der Waals surface area contributed by atoms with Crippen molar-refractivity contribution in [3.8, 4) is 0 Å². The SMILES string of the molecule is Fc1ccc(NC2CCCSC2)cc1Cl. The number of benzene rings is 1. The molecule has 1 atom stereocenters. The molecule has 4 heteroatoms. The van der Waals surface area contributed by atoms with Crippen molar-refractivity contribution in [2.75, 3.05) is 16.8 Å². The molecule has 0 radical (unpaired) electrons. The van der Waals surface area contributed by atoms with Crippen LogP contribution in [-0.2, 0) is 0 Å². The first-order valence-corrected chi connectivity index (χ1v) is 6.58. The van der Waals surface area contributed by atoms with Crippen molar-refractivity contribution in [3.05, 3.63) is 29.0 Å². The zero-order valence-electron chi connectivity index (χ0n) is 8.30. The molecule has 82 valence electrons. The number of hydrogen-bond donors (Lipinski definition) is 1. The molecule has 1 nitrogen and oxygen atoms in total. The third kappa shape index (κ3) is 3.02. The number of thioether (sulfide) groups is 1. The normalized spacial score (nSPS) is 21.3. The quantitative estimate of drug-likeness (QED) is 0.851. The van der Waals surface area contributed by atoms with Crippen molar-refractivity contribution < 1.29 is 4.39 Å². The molecule has 1 aliphatic rings. The van der Waals surface area contributed by atoms with Gasteiger partial charge in [0.1, 0.15) is 5.82 Å². The van der Waals surface area contributed by atoms with Crippen LogP contribution >= 0.6 is 23.4 Å². The van der Waals surface area contributed by atoms with Gasteiger partial charge >= 0.3 is 0 Å². The Kier molecular flexibility index (Phi) is 3.76. The van der Waals surface area contributed by atoms with Crippen LogP contribution in [0, 0.1) is 5.82 Å². The minimum Gasteiger partial charge on any atom is -0.381 e. The zero-order valence-corrected chi connectivity index (χ0v) is 9.87. The molecule has 0 aliphatic carbocycles. The van der Waals surface area contributed by atoms with Gasteiger partial charge in [0.15, 0.2) is 0 Å². The summed E-state index contributed by atoms with van der Waals surface area (Å²) in [5.41, 5.74) is 0.911. The number of halogens is 2. The largest absolute Gasteiger partial charge is 0.381 e. The minimum atomic E-state index is -0.361. The van der Waals surface area contributed by atoms with E-state index < -0.39 is 0 Å². The first-order valence-electron chi connectivity index (χ1n) is 5.05. The predicted octanol–water partition coefficient (Wildman–Crippen LogP) is 3.79. The van der Waals surface area contributed by atoms with Gasteiger partial charge in [-0.15, -0.1) is 0 Å². The lowest BCUT2D eigenvalue weighted by molar-refractivity contribution is 0.628. The van der Waals surface area contributed by atoms with Gasteiger partial charge < -0.3 is 5.32 Å². The lowest BCUT2D eigenvalue weighted by Crippen LogP contribution is -2.25. The molecule has 1 heterocycles. The highest BCUT2D eigenvalue weighted by atomic mass is 35.5. The highest BCUT2D eigenvalue weighted by Gasteiger charge is 2.13. The Labute approximate surface area is 98.4 Å². The number of rotatable bonds is 2. The molecule has 1 saturated heterocycles. The molecule has 1 unspecified atom stereocenters. The van der Waals surface area contributed by atoms with Crippen molar-refractivity contribution in [1.29, 1.82) is 0 Å². The van der Waals surface area contributed by atoms with Crippen LogP contribution < -0.4 is 5.32 Å². The predicted molar refractivity (Wildman–Crippen MR) is 65.4 cm³/mol. The molecule has 1 aliphatic heterocycles. The summed E-state index contributed by atoms with van der Waals surface area (Å²) in [6.45, 7) is 0. The van der Waals surface area contributed by atoms with E-state index in [2.05, 4.69) is 5.32 Å². The Bertz CT molecular complexity index is 339. The fourth-order valence-corrected chi connectivity index (χ4v) is 2.93. The summed E-state index contributed by atoms with van der Waals surface area (Å²) in [5.74, 6) is 2.01. The smallest absolute Gasteiger partial charge is 0.141 e. The molecule has 0 saturated carbocycles. The average Bonchev–Trinajstić information content (AvgIpc) is 2.25. The van der Waals surface area contributed by atoms with Gasteiger partial charge in [0.05, 0.1) is 5.02 Å². The Morgan fingerprint density at radius 2 is 2.33 bits per heavy atom. The van der Waals surface area contributed by atoms with Crippen LogP contribution in [0.2, 0.25) is 5.02 Å². The van der Waals surface area contributed by atoms with Crippen molar-refractivity contribution in [3.63, 3.8) is 0 Å². The third-order valence-electron chi connectivity index (χ3n) is 2.45. The van der Waals surface area contributed by atoms with Gasteiger partial charge in [0.25, 0.3) is 0 Å². The summed E-state index contributed by atoms with van der Waals surface area (Å²) < 4.78 is 12.9. The van der Waals surface area contributed by atoms with Crippen LogP contribution in [0.3, 0.4) is 0 Å². The van der Waals surface area contributed by atoms with E-state index in [1.54, 1.807) is 12.1 Å². The summed E-state index contributed by atoms with van der Waals surface area (Å²) in [6.07, 6.45) is 2.43. The molecule has 1 N–H and O–H groups in total. The average molecular weight is 246 g/mol. The number of anilines is 1. The Balaban J connectivity index is 2.00. The molecule has 2 rings (SSSR count). The van der Waals surface area contributed by atoms with E-state index in [-0.39, 0.29) is 10.8 Å². The maximum absolute atomic E-state index is 12.9. The van der Waals surface area contributed by atoms with Crippen LogP contribution in [0.4, 0.5) is 10.1 Å². The van der Waals surface area contributed by atoms with Gasteiger partial charge in [-0.1, -0.05) is 11.6 Å². The Morgan fingerprint density at radius 3 is 3.00 bits per heavy atom. The van der Waals surface area contributed by atoms with Gasteiger partial charge in [-0.05, 0) is 36.8 Å². The fraction of sp³-hybridized carbons (Fsp3) is 0.455. The summed E-state index contributed by atoms with van der Waals surface area (Å²) in [7, 11) is 0. The minimum absolute atomic E-state index is 0.184. The summed E-state index contributed by atoms with van der Waals surface area (Å²) in [5, 5.41) is 3.56. The first-order chi connectivity index (χ1) is 7.25. The van der Waals surface area contributed by atoms with E-state index in [9.17, 15) is 4.39 Å². The summed E-state index contributed by atoms with van der Waals surface area (Å²) in [4.78, 5) is 0. The van der Waals surface area contributed by atoms with E-state index in [0.29, 0.717) is 6.04 Å².